The normalized spacial score (nSPS) is 15.1. The van der Waals surface area contributed by atoms with Crippen LogP contribution in [0, 0.1) is 21.4 Å². The van der Waals surface area contributed by atoms with Crippen molar-refractivity contribution < 1.29 is 19.3 Å². The molecule has 1 aliphatic rings. The van der Waals surface area contributed by atoms with Gasteiger partial charge in [-0.25, -0.2) is 10.3 Å². The van der Waals surface area contributed by atoms with E-state index in [1.807, 2.05) is 0 Å². The Morgan fingerprint density at radius 1 is 1.57 bits per heavy atom. The van der Waals surface area contributed by atoms with Crippen LogP contribution in [0.5, 0.6) is 0 Å². The van der Waals surface area contributed by atoms with Gasteiger partial charge in [0.05, 0.1) is 12.0 Å². The fourth-order valence-electron chi connectivity index (χ4n) is 1.52. The molecule has 0 amide bonds. The third-order valence-corrected chi connectivity index (χ3v) is 2.50. The van der Waals surface area contributed by atoms with Crippen LogP contribution in [0.4, 0.5) is 5.69 Å². The second-order valence-corrected chi connectivity index (χ2v) is 3.76. The van der Waals surface area contributed by atoms with Gasteiger partial charge < -0.3 is 9.57 Å². The zero-order valence-electron chi connectivity index (χ0n) is 10.7. The summed E-state index contributed by atoms with van der Waals surface area (Å²) in [6.45, 7) is 0. The van der Waals surface area contributed by atoms with Gasteiger partial charge in [0.1, 0.15) is 6.07 Å². The standard InChI is InChI=1S/C12H8N4O5/c1-20-12(17)9(6-13)11-14-10(15-21-11)7-3-2-4-8(5-7)16(18)19/h2-5H,1H3,(H,14,15)/b11-9-. The van der Waals surface area contributed by atoms with E-state index in [4.69, 9.17) is 10.1 Å². The van der Waals surface area contributed by atoms with Crippen LogP contribution in [0.2, 0.25) is 0 Å². The van der Waals surface area contributed by atoms with Gasteiger partial charge in [-0.15, -0.1) is 0 Å². The largest absolute Gasteiger partial charge is 0.465 e. The number of nitriles is 1. The number of nitrogens with zero attached hydrogens (tertiary/aromatic N) is 3. The van der Waals surface area contributed by atoms with Crippen LogP contribution in [0.3, 0.4) is 0 Å². The highest BCUT2D eigenvalue weighted by atomic mass is 16.7. The molecule has 1 N–H and O–H groups in total. The molecule has 1 heterocycles. The Morgan fingerprint density at radius 3 is 2.95 bits per heavy atom. The van der Waals surface area contributed by atoms with E-state index in [1.54, 1.807) is 12.1 Å². The van der Waals surface area contributed by atoms with Crippen LogP contribution in [0.15, 0.2) is 40.7 Å². The van der Waals surface area contributed by atoms with Crippen LogP contribution in [-0.4, -0.2) is 23.8 Å². The van der Waals surface area contributed by atoms with Crippen LogP contribution >= 0.6 is 0 Å². The lowest BCUT2D eigenvalue weighted by Crippen LogP contribution is -2.17. The van der Waals surface area contributed by atoms with E-state index in [0.717, 1.165) is 7.11 Å². The fourth-order valence-corrected chi connectivity index (χ4v) is 1.52. The van der Waals surface area contributed by atoms with Crippen molar-refractivity contribution in [1.82, 2.24) is 5.48 Å². The summed E-state index contributed by atoms with van der Waals surface area (Å²) in [5, 5.41) is 19.6. The molecule has 0 saturated heterocycles. The third kappa shape index (κ3) is 2.79. The Labute approximate surface area is 118 Å². The molecule has 0 atom stereocenters. The zero-order chi connectivity index (χ0) is 15.4. The van der Waals surface area contributed by atoms with Crippen molar-refractivity contribution in [3.8, 4) is 6.07 Å². The second-order valence-electron chi connectivity index (χ2n) is 3.76. The number of amidine groups is 1. The number of ether oxygens (including phenoxy) is 1. The van der Waals surface area contributed by atoms with E-state index in [1.165, 1.54) is 18.2 Å². The number of hydrogen-bond donors (Lipinski definition) is 1. The Bertz CT molecular complexity index is 717. The van der Waals surface area contributed by atoms with E-state index in [2.05, 4.69) is 15.2 Å². The number of hydroxylamine groups is 1. The van der Waals surface area contributed by atoms with Gasteiger partial charge in [-0.2, -0.15) is 10.3 Å². The first kappa shape index (κ1) is 14.0. The van der Waals surface area contributed by atoms with Crippen LogP contribution < -0.4 is 5.48 Å². The summed E-state index contributed by atoms with van der Waals surface area (Å²) in [4.78, 5) is 30.4. The third-order valence-electron chi connectivity index (χ3n) is 2.50. The lowest BCUT2D eigenvalue weighted by molar-refractivity contribution is -0.384. The van der Waals surface area contributed by atoms with Crippen molar-refractivity contribution in [2.45, 2.75) is 0 Å². The van der Waals surface area contributed by atoms with Crippen molar-refractivity contribution in [1.29, 1.82) is 5.26 Å². The molecule has 1 aromatic carbocycles. The lowest BCUT2D eigenvalue weighted by atomic mass is 10.2. The molecule has 0 aliphatic carbocycles. The number of carbonyl (C=O) groups excluding carboxylic acids is 1. The molecule has 0 bridgehead atoms. The minimum atomic E-state index is -0.890. The van der Waals surface area contributed by atoms with Gasteiger partial charge in [0.2, 0.25) is 5.57 Å². The number of methoxy groups -OCH3 is 1. The maximum atomic E-state index is 11.3. The number of rotatable bonds is 3. The van der Waals surface area contributed by atoms with E-state index >= 15 is 0 Å². The first-order chi connectivity index (χ1) is 10.1. The number of nitro groups is 1. The molecule has 0 saturated carbocycles. The maximum absolute atomic E-state index is 11.3. The van der Waals surface area contributed by atoms with Crippen molar-refractivity contribution in [3.63, 3.8) is 0 Å². The molecule has 21 heavy (non-hydrogen) atoms. The van der Waals surface area contributed by atoms with E-state index in [9.17, 15) is 14.9 Å². The SMILES string of the molecule is COC(=O)/C(C#N)=C1/N=C(c2cccc([N+](=O)[O-])c2)NO1. The van der Waals surface area contributed by atoms with Crippen molar-refractivity contribution >= 4 is 17.5 Å². The first-order valence-corrected chi connectivity index (χ1v) is 5.56. The number of nitrogens with one attached hydrogen (secondary N) is 1. The predicted octanol–water partition coefficient (Wildman–Crippen LogP) is 0.784. The summed E-state index contributed by atoms with van der Waals surface area (Å²) in [5.41, 5.74) is 2.24. The number of nitro benzene ring substituents is 1. The van der Waals surface area contributed by atoms with Crippen molar-refractivity contribution in [3.05, 3.63) is 51.4 Å². The lowest BCUT2D eigenvalue weighted by Gasteiger charge is -2.00. The topological polar surface area (TPSA) is 127 Å². The summed E-state index contributed by atoms with van der Waals surface area (Å²) >= 11 is 0. The average molecular weight is 288 g/mol. The molecule has 0 radical (unpaired) electrons. The highest BCUT2D eigenvalue weighted by molar-refractivity contribution is 6.01. The van der Waals surface area contributed by atoms with Gasteiger partial charge in [-0.3, -0.25) is 10.1 Å². The van der Waals surface area contributed by atoms with Gasteiger partial charge in [0.25, 0.3) is 11.6 Å². The predicted molar refractivity (Wildman–Crippen MR) is 68.5 cm³/mol. The fraction of sp³-hybridized carbons (Fsp3) is 0.0833. The van der Waals surface area contributed by atoms with Gasteiger partial charge in [0, 0.05) is 17.7 Å². The van der Waals surface area contributed by atoms with Crippen molar-refractivity contribution in [2.24, 2.45) is 4.99 Å². The summed E-state index contributed by atoms with van der Waals surface area (Å²) in [7, 11) is 1.12. The van der Waals surface area contributed by atoms with Crippen LogP contribution in [0.1, 0.15) is 5.56 Å². The number of esters is 1. The van der Waals surface area contributed by atoms with E-state index in [-0.39, 0.29) is 17.4 Å². The van der Waals surface area contributed by atoms with Gasteiger partial charge in [-0.05, 0) is 0 Å². The van der Waals surface area contributed by atoms with E-state index in [0.29, 0.717) is 5.56 Å². The molecule has 9 heteroatoms. The molecular weight excluding hydrogens is 280 g/mol. The molecule has 1 aliphatic heterocycles. The highest BCUT2D eigenvalue weighted by Gasteiger charge is 2.24. The van der Waals surface area contributed by atoms with E-state index < -0.39 is 16.5 Å². The summed E-state index contributed by atoms with van der Waals surface area (Å²) < 4.78 is 4.42. The molecule has 9 nitrogen and oxygen atoms in total. The molecule has 0 aromatic heterocycles. The molecular formula is C12H8N4O5. The van der Waals surface area contributed by atoms with Gasteiger partial charge >= 0.3 is 5.97 Å². The minimum absolute atomic E-state index is 0.122. The molecule has 1 aromatic rings. The molecule has 0 fully saturated rings. The molecule has 2 rings (SSSR count). The summed E-state index contributed by atoms with van der Waals surface area (Å²) in [6, 6.07) is 7.27. The van der Waals surface area contributed by atoms with Gasteiger partial charge in [0.15, 0.2) is 5.84 Å². The Morgan fingerprint density at radius 2 is 2.33 bits per heavy atom. The monoisotopic (exact) mass is 288 g/mol. The molecule has 0 spiro atoms. The van der Waals surface area contributed by atoms with Gasteiger partial charge in [-0.1, -0.05) is 12.1 Å². The molecule has 0 unspecified atom stereocenters. The number of non-ortho nitro benzene ring substituents is 1. The quantitative estimate of drug-likeness (QED) is 0.286. The minimum Gasteiger partial charge on any atom is -0.465 e. The Kier molecular flexibility index (Phi) is 3.80. The van der Waals surface area contributed by atoms with Crippen molar-refractivity contribution in [2.75, 3.05) is 7.11 Å². The highest BCUT2D eigenvalue weighted by Crippen LogP contribution is 2.18. The first-order valence-electron chi connectivity index (χ1n) is 5.56. The number of aliphatic imine (C=N–C) groups is 1. The summed E-state index contributed by atoms with van der Waals surface area (Å²) in [5.74, 6) is -1.01. The average Bonchev–Trinajstić information content (AvgIpc) is 2.97. The number of carbonyl (C=O) groups is 1. The van der Waals surface area contributed by atoms with Crippen LogP contribution in [0.25, 0.3) is 0 Å². The Hall–Kier alpha value is -3.41. The smallest absolute Gasteiger partial charge is 0.354 e. The summed E-state index contributed by atoms with van der Waals surface area (Å²) in [6.07, 6.45) is 0. The maximum Gasteiger partial charge on any atom is 0.354 e. The Balaban J connectivity index is 2.40. The molecule has 106 valence electrons. The number of benzene rings is 1. The zero-order valence-corrected chi connectivity index (χ0v) is 10.7. The van der Waals surface area contributed by atoms with Crippen LogP contribution in [-0.2, 0) is 14.4 Å². The number of hydrogen-bond acceptors (Lipinski definition) is 8. The second kappa shape index (κ2) is 5.70.